The van der Waals surface area contributed by atoms with Gasteiger partial charge in [0.25, 0.3) is 0 Å². The summed E-state index contributed by atoms with van der Waals surface area (Å²) in [6, 6.07) is 21.0. The van der Waals surface area contributed by atoms with E-state index in [1.54, 1.807) is 0 Å². The van der Waals surface area contributed by atoms with Gasteiger partial charge in [-0.25, -0.2) is 12.8 Å². The topological polar surface area (TPSA) is 46.2 Å². The zero-order chi connectivity index (χ0) is 17.9. The van der Waals surface area contributed by atoms with Crippen LogP contribution in [0.25, 0.3) is 0 Å². The van der Waals surface area contributed by atoms with E-state index in [1.807, 2.05) is 60.7 Å². The third-order valence-electron chi connectivity index (χ3n) is 3.72. The number of sulfonamides is 1. The Hall–Kier alpha value is -2.21. The lowest BCUT2D eigenvalue weighted by Crippen LogP contribution is -2.29. The fourth-order valence-electron chi connectivity index (χ4n) is 2.53. The van der Waals surface area contributed by atoms with E-state index in [4.69, 9.17) is 11.6 Å². The first-order chi connectivity index (χ1) is 12.0. The van der Waals surface area contributed by atoms with Crippen molar-refractivity contribution in [2.24, 2.45) is 0 Å². The Labute approximate surface area is 151 Å². The molecule has 0 amide bonds. The van der Waals surface area contributed by atoms with Gasteiger partial charge in [-0.05, 0) is 29.3 Å². The van der Waals surface area contributed by atoms with Gasteiger partial charge in [0, 0.05) is 0 Å². The van der Waals surface area contributed by atoms with E-state index in [1.165, 1.54) is 0 Å². The van der Waals surface area contributed by atoms with Crippen LogP contribution >= 0.6 is 11.6 Å². The van der Waals surface area contributed by atoms with Crippen molar-refractivity contribution in [1.82, 2.24) is 4.72 Å². The quantitative estimate of drug-likeness (QED) is 0.711. The van der Waals surface area contributed by atoms with Gasteiger partial charge >= 0.3 is 0 Å². The van der Waals surface area contributed by atoms with Gasteiger partial charge in [0.05, 0.1) is 11.1 Å². The van der Waals surface area contributed by atoms with E-state index in [0.717, 1.165) is 29.3 Å². The molecule has 25 heavy (non-hydrogen) atoms. The molecule has 3 aromatic carbocycles. The molecule has 0 atom stereocenters. The van der Waals surface area contributed by atoms with Crippen molar-refractivity contribution in [3.05, 3.63) is 101 Å². The van der Waals surface area contributed by atoms with Crippen LogP contribution in [0.3, 0.4) is 0 Å². The summed E-state index contributed by atoms with van der Waals surface area (Å²) >= 11 is 5.93. The molecule has 0 fully saturated rings. The Morgan fingerprint density at radius 2 is 1.36 bits per heavy atom. The molecule has 128 valence electrons. The third-order valence-corrected chi connectivity index (χ3v) is 5.63. The Kier molecular flexibility index (Phi) is 5.18. The first kappa shape index (κ1) is 17.6. The molecule has 1 N–H and O–H groups in total. The molecular formula is C19H15ClFNO2S. The van der Waals surface area contributed by atoms with Gasteiger partial charge < -0.3 is 0 Å². The monoisotopic (exact) mass is 375 g/mol. The van der Waals surface area contributed by atoms with Crippen molar-refractivity contribution in [2.75, 3.05) is 0 Å². The summed E-state index contributed by atoms with van der Waals surface area (Å²) in [7, 11) is -3.95. The smallest absolute Gasteiger partial charge is 0.207 e. The summed E-state index contributed by atoms with van der Waals surface area (Å²) in [4.78, 5) is -0.160. The van der Waals surface area contributed by atoms with Gasteiger partial charge in [0.2, 0.25) is 10.0 Å². The SMILES string of the molecule is O=S(=O)(NC(c1ccccc1)c1ccccc1)c1ccc(F)cc1Cl. The van der Waals surface area contributed by atoms with Crippen molar-refractivity contribution in [1.29, 1.82) is 0 Å². The molecule has 0 aliphatic rings. The number of hydrogen-bond donors (Lipinski definition) is 1. The second-order valence-electron chi connectivity index (χ2n) is 5.45. The molecule has 3 rings (SSSR count). The number of nitrogens with one attached hydrogen (secondary N) is 1. The van der Waals surface area contributed by atoms with E-state index in [9.17, 15) is 12.8 Å². The molecule has 0 saturated heterocycles. The molecule has 0 radical (unpaired) electrons. The van der Waals surface area contributed by atoms with Crippen molar-refractivity contribution >= 4 is 21.6 Å². The summed E-state index contributed by atoms with van der Waals surface area (Å²) in [5, 5.41) is -0.160. The molecule has 6 heteroatoms. The minimum absolute atomic E-state index is 0.160. The zero-order valence-electron chi connectivity index (χ0n) is 13.1. The fourth-order valence-corrected chi connectivity index (χ4v) is 4.28. The van der Waals surface area contributed by atoms with E-state index in [-0.39, 0.29) is 9.92 Å². The fraction of sp³-hybridized carbons (Fsp3) is 0.0526. The van der Waals surface area contributed by atoms with Crippen LogP contribution in [0, 0.1) is 5.82 Å². The number of rotatable bonds is 5. The number of halogens is 2. The first-order valence-electron chi connectivity index (χ1n) is 7.54. The maximum Gasteiger partial charge on any atom is 0.242 e. The summed E-state index contributed by atoms with van der Waals surface area (Å²) < 4.78 is 41.5. The Morgan fingerprint density at radius 1 is 0.840 bits per heavy atom. The summed E-state index contributed by atoms with van der Waals surface area (Å²) in [6.07, 6.45) is 0. The second-order valence-corrected chi connectivity index (χ2v) is 7.54. The van der Waals surface area contributed by atoms with E-state index >= 15 is 0 Å². The van der Waals surface area contributed by atoms with Crippen LogP contribution in [0.15, 0.2) is 83.8 Å². The standard InChI is InChI=1S/C19H15ClFNO2S/c20-17-13-16(21)11-12-18(17)25(23,24)22-19(14-7-3-1-4-8-14)15-9-5-2-6-10-15/h1-13,19,22H. The molecule has 0 unspecified atom stereocenters. The van der Waals surface area contributed by atoms with Crippen LogP contribution in [0.2, 0.25) is 5.02 Å². The zero-order valence-corrected chi connectivity index (χ0v) is 14.6. The molecule has 0 aromatic heterocycles. The molecule has 0 aliphatic heterocycles. The van der Waals surface area contributed by atoms with Crippen molar-refractivity contribution in [3.63, 3.8) is 0 Å². The lowest BCUT2D eigenvalue weighted by atomic mass is 10.00. The highest BCUT2D eigenvalue weighted by atomic mass is 35.5. The maximum atomic E-state index is 13.2. The van der Waals surface area contributed by atoms with Crippen molar-refractivity contribution in [2.45, 2.75) is 10.9 Å². The molecule has 0 aliphatic carbocycles. The lowest BCUT2D eigenvalue weighted by Gasteiger charge is -2.20. The van der Waals surface area contributed by atoms with Crippen LogP contribution in [0.4, 0.5) is 4.39 Å². The summed E-state index contributed by atoms with van der Waals surface area (Å²) in [5.41, 5.74) is 1.58. The van der Waals surface area contributed by atoms with Crippen molar-refractivity contribution < 1.29 is 12.8 Å². The highest BCUT2D eigenvalue weighted by Crippen LogP contribution is 2.27. The van der Waals surface area contributed by atoms with Crippen LogP contribution in [-0.4, -0.2) is 8.42 Å². The minimum Gasteiger partial charge on any atom is -0.207 e. The van der Waals surface area contributed by atoms with Crippen LogP contribution in [-0.2, 0) is 10.0 Å². The van der Waals surface area contributed by atoms with E-state index < -0.39 is 21.9 Å². The van der Waals surface area contributed by atoms with E-state index in [0.29, 0.717) is 0 Å². The average Bonchev–Trinajstić information content (AvgIpc) is 2.61. The predicted octanol–water partition coefficient (Wildman–Crippen LogP) is 4.55. The van der Waals surface area contributed by atoms with Gasteiger partial charge in [-0.3, -0.25) is 0 Å². The van der Waals surface area contributed by atoms with Crippen LogP contribution in [0.1, 0.15) is 17.2 Å². The highest BCUT2D eigenvalue weighted by Gasteiger charge is 2.24. The average molecular weight is 376 g/mol. The highest BCUT2D eigenvalue weighted by molar-refractivity contribution is 7.89. The van der Waals surface area contributed by atoms with Crippen LogP contribution < -0.4 is 4.72 Å². The van der Waals surface area contributed by atoms with Gasteiger partial charge in [0.1, 0.15) is 10.7 Å². The minimum atomic E-state index is -3.95. The molecular weight excluding hydrogens is 361 g/mol. The molecule has 3 nitrogen and oxygen atoms in total. The first-order valence-corrected chi connectivity index (χ1v) is 9.41. The second kappa shape index (κ2) is 7.35. The molecule has 3 aromatic rings. The normalized spacial score (nSPS) is 11.6. The molecule has 0 heterocycles. The van der Waals surface area contributed by atoms with E-state index in [2.05, 4.69) is 4.72 Å². The Balaban J connectivity index is 2.03. The predicted molar refractivity (Wildman–Crippen MR) is 96.5 cm³/mol. The van der Waals surface area contributed by atoms with Gasteiger partial charge in [0.15, 0.2) is 0 Å². The largest absolute Gasteiger partial charge is 0.242 e. The van der Waals surface area contributed by atoms with Crippen molar-refractivity contribution in [3.8, 4) is 0 Å². The van der Waals surface area contributed by atoms with Crippen LogP contribution in [0.5, 0.6) is 0 Å². The Morgan fingerprint density at radius 3 is 1.84 bits per heavy atom. The molecule has 0 saturated carbocycles. The summed E-state index contributed by atoms with van der Waals surface area (Å²) in [5.74, 6) is -0.591. The molecule has 0 spiro atoms. The Bertz CT molecular complexity index is 924. The summed E-state index contributed by atoms with van der Waals surface area (Å²) in [6.45, 7) is 0. The molecule has 0 bridgehead atoms. The van der Waals surface area contributed by atoms with Gasteiger partial charge in [-0.15, -0.1) is 0 Å². The number of hydrogen-bond acceptors (Lipinski definition) is 2. The van der Waals surface area contributed by atoms with Gasteiger partial charge in [-0.2, -0.15) is 4.72 Å². The van der Waals surface area contributed by atoms with Gasteiger partial charge in [-0.1, -0.05) is 72.3 Å². The third kappa shape index (κ3) is 4.07. The lowest BCUT2D eigenvalue weighted by molar-refractivity contribution is 0.571. The maximum absolute atomic E-state index is 13.2. The number of benzene rings is 3.